The van der Waals surface area contributed by atoms with Gasteiger partial charge in [0.05, 0.1) is 7.11 Å². The van der Waals surface area contributed by atoms with Gasteiger partial charge in [-0.2, -0.15) is 5.10 Å². The molecule has 0 amide bonds. The Hall–Kier alpha value is -1.88. The second-order valence-corrected chi connectivity index (χ2v) is 3.97. The normalized spacial score (nSPS) is 10.5. The summed E-state index contributed by atoms with van der Waals surface area (Å²) in [5.41, 5.74) is 1.08. The molecule has 2 aromatic rings. The molecule has 0 saturated carbocycles. The van der Waals surface area contributed by atoms with E-state index in [1.54, 1.807) is 19.5 Å². The third-order valence-electron chi connectivity index (χ3n) is 2.66. The zero-order valence-electron chi connectivity index (χ0n) is 10.5. The van der Waals surface area contributed by atoms with Gasteiger partial charge in [0, 0.05) is 37.2 Å². The third kappa shape index (κ3) is 3.56. The van der Waals surface area contributed by atoms with Gasteiger partial charge in [0.15, 0.2) is 0 Å². The summed E-state index contributed by atoms with van der Waals surface area (Å²) in [5, 5.41) is 7.54. The molecule has 2 heterocycles. The largest absolute Gasteiger partial charge is 0.481 e. The number of nitrogens with one attached hydrogen (secondary N) is 1. The van der Waals surface area contributed by atoms with Crippen LogP contribution in [-0.2, 0) is 13.1 Å². The lowest BCUT2D eigenvalue weighted by atomic mass is 10.2. The molecule has 0 aliphatic carbocycles. The van der Waals surface area contributed by atoms with E-state index in [4.69, 9.17) is 4.74 Å². The summed E-state index contributed by atoms with van der Waals surface area (Å²) in [7, 11) is 1.64. The van der Waals surface area contributed by atoms with Crippen LogP contribution < -0.4 is 10.1 Å². The highest BCUT2D eigenvalue weighted by molar-refractivity contribution is 5.24. The molecular weight excluding hydrogens is 228 g/mol. The molecule has 0 aliphatic heterocycles. The maximum Gasteiger partial charge on any atom is 0.217 e. The summed E-state index contributed by atoms with van der Waals surface area (Å²) in [6.07, 6.45) is 6.56. The molecule has 0 bridgehead atoms. The first kappa shape index (κ1) is 12.6. The molecule has 2 rings (SSSR count). The second-order valence-electron chi connectivity index (χ2n) is 3.97. The van der Waals surface area contributed by atoms with Crippen molar-refractivity contribution in [3.8, 4) is 5.88 Å². The van der Waals surface area contributed by atoms with Crippen LogP contribution in [0.15, 0.2) is 36.8 Å². The number of ether oxygens (including phenoxy) is 1. The fourth-order valence-corrected chi connectivity index (χ4v) is 1.76. The number of pyridine rings is 1. The molecule has 0 saturated heterocycles. The minimum absolute atomic E-state index is 0.692. The summed E-state index contributed by atoms with van der Waals surface area (Å²) >= 11 is 0. The van der Waals surface area contributed by atoms with E-state index >= 15 is 0 Å². The van der Waals surface area contributed by atoms with Gasteiger partial charge in [0.1, 0.15) is 0 Å². The first-order valence-electron chi connectivity index (χ1n) is 6.06. The Morgan fingerprint density at radius 3 is 3.06 bits per heavy atom. The molecule has 0 radical (unpaired) electrons. The molecule has 0 aromatic carbocycles. The summed E-state index contributed by atoms with van der Waals surface area (Å²) in [6, 6.07) is 5.88. The number of methoxy groups -OCH3 is 1. The quantitative estimate of drug-likeness (QED) is 0.752. The van der Waals surface area contributed by atoms with Crippen molar-refractivity contribution in [2.75, 3.05) is 13.7 Å². The van der Waals surface area contributed by atoms with E-state index < -0.39 is 0 Å². The average molecular weight is 246 g/mol. The Bertz CT molecular complexity index is 456. The number of aryl methyl sites for hydroxylation is 1. The van der Waals surface area contributed by atoms with Crippen LogP contribution in [0.1, 0.15) is 12.0 Å². The van der Waals surface area contributed by atoms with Crippen molar-refractivity contribution in [2.24, 2.45) is 0 Å². The molecule has 18 heavy (non-hydrogen) atoms. The Labute approximate surface area is 107 Å². The van der Waals surface area contributed by atoms with Crippen molar-refractivity contribution in [1.82, 2.24) is 20.1 Å². The van der Waals surface area contributed by atoms with Crippen LogP contribution in [0.3, 0.4) is 0 Å². The maximum absolute atomic E-state index is 5.20. The highest BCUT2D eigenvalue weighted by atomic mass is 16.5. The van der Waals surface area contributed by atoms with Gasteiger partial charge < -0.3 is 10.1 Å². The van der Waals surface area contributed by atoms with Gasteiger partial charge in [0.25, 0.3) is 0 Å². The van der Waals surface area contributed by atoms with E-state index in [2.05, 4.69) is 15.4 Å². The topological polar surface area (TPSA) is 52.0 Å². The number of nitrogens with zero attached hydrogens (tertiary/aromatic N) is 3. The first-order valence-corrected chi connectivity index (χ1v) is 6.06. The molecule has 96 valence electrons. The highest BCUT2D eigenvalue weighted by Crippen LogP contribution is 2.12. The van der Waals surface area contributed by atoms with Gasteiger partial charge in [-0.05, 0) is 25.1 Å². The van der Waals surface area contributed by atoms with Crippen LogP contribution in [0, 0.1) is 0 Å². The molecule has 5 nitrogen and oxygen atoms in total. The third-order valence-corrected chi connectivity index (χ3v) is 2.66. The smallest absolute Gasteiger partial charge is 0.217 e. The van der Waals surface area contributed by atoms with E-state index in [0.29, 0.717) is 5.88 Å². The van der Waals surface area contributed by atoms with Crippen LogP contribution in [0.2, 0.25) is 0 Å². The molecule has 1 N–H and O–H groups in total. The first-order chi connectivity index (χ1) is 8.90. The second kappa shape index (κ2) is 6.76. The standard InChI is InChI=1S/C13H18N4O/c1-18-13-12(5-2-7-15-13)11-14-6-3-9-17-10-4-8-16-17/h2,4-5,7-8,10,14H,3,6,9,11H2,1H3. The molecule has 0 atom stereocenters. The zero-order chi connectivity index (χ0) is 12.6. The summed E-state index contributed by atoms with van der Waals surface area (Å²) < 4.78 is 7.13. The molecule has 0 aliphatic rings. The molecule has 0 fully saturated rings. The lowest BCUT2D eigenvalue weighted by Crippen LogP contribution is -2.17. The van der Waals surface area contributed by atoms with Crippen LogP contribution in [0.5, 0.6) is 5.88 Å². The van der Waals surface area contributed by atoms with Crippen LogP contribution in [0.4, 0.5) is 0 Å². The Kier molecular flexibility index (Phi) is 4.72. The average Bonchev–Trinajstić information content (AvgIpc) is 2.92. The number of aromatic nitrogens is 3. The fourth-order valence-electron chi connectivity index (χ4n) is 1.76. The van der Waals surface area contributed by atoms with Crippen molar-refractivity contribution >= 4 is 0 Å². The molecular formula is C13H18N4O. The Morgan fingerprint density at radius 1 is 1.33 bits per heavy atom. The van der Waals surface area contributed by atoms with E-state index in [9.17, 15) is 0 Å². The maximum atomic E-state index is 5.20. The van der Waals surface area contributed by atoms with Gasteiger partial charge in [-0.15, -0.1) is 0 Å². The lowest BCUT2D eigenvalue weighted by molar-refractivity contribution is 0.390. The van der Waals surface area contributed by atoms with E-state index in [-0.39, 0.29) is 0 Å². The summed E-state index contributed by atoms with van der Waals surface area (Å²) in [6.45, 7) is 2.65. The molecule has 0 unspecified atom stereocenters. The van der Waals surface area contributed by atoms with Crippen molar-refractivity contribution in [2.45, 2.75) is 19.5 Å². The van der Waals surface area contributed by atoms with Gasteiger partial charge >= 0.3 is 0 Å². The van der Waals surface area contributed by atoms with E-state index in [0.717, 1.165) is 31.6 Å². The Morgan fingerprint density at radius 2 is 2.28 bits per heavy atom. The minimum Gasteiger partial charge on any atom is -0.481 e. The van der Waals surface area contributed by atoms with Crippen LogP contribution >= 0.6 is 0 Å². The monoisotopic (exact) mass is 246 g/mol. The zero-order valence-corrected chi connectivity index (χ0v) is 10.5. The Balaban J connectivity index is 1.69. The highest BCUT2D eigenvalue weighted by Gasteiger charge is 2.01. The van der Waals surface area contributed by atoms with Crippen molar-refractivity contribution in [1.29, 1.82) is 0 Å². The molecule has 5 heteroatoms. The fraction of sp³-hybridized carbons (Fsp3) is 0.385. The minimum atomic E-state index is 0.692. The molecule has 0 spiro atoms. The van der Waals surface area contributed by atoms with Crippen LogP contribution in [-0.4, -0.2) is 28.4 Å². The van der Waals surface area contributed by atoms with Gasteiger partial charge in [-0.1, -0.05) is 6.07 Å². The predicted octanol–water partition coefficient (Wildman–Crippen LogP) is 1.47. The number of hydrogen-bond acceptors (Lipinski definition) is 4. The number of rotatable bonds is 7. The summed E-state index contributed by atoms with van der Waals surface area (Å²) in [5.74, 6) is 0.692. The predicted molar refractivity (Wildman–Crippen MR) is 69.3 cm³/mol. The van der Waals surface area contributed by atoms with Crippen molar-refractivity contribution in [3.63, 3.8) is 0 Å². The number of hydrogen-bond donors (Lipinski definition) is 1. The molecule has 2 aromatic heterocycles. The SMILES string of the molecule is COc1ncccc1CNCCCn1cccn1. The van der Waals surface area contributed by atoms with Crippen molar-refractivity contribution < 1.29 is 4.74 Å². The summed E-state index contributed by atoms with van der Waals surface area (Å²) in [4.78, 5) is 4.16. The van der Waals surface area contributed by atoms with Crippen LogP contribution in [0.25, 0.3) is 0 Å². The van der Waals surface area contributed by atoms with Gasteiger partial charge in [0.2, 0.25) is 5.88 Å². The van der Waals surface area contributed by atoms with E-state index in [1.165, 1.54) is 0 Å². The van der Waals surface area contributed by atoms with Gasteiger partial charge in [-0.3, -0.25) is 4.68 Å². The lowest BCUT2D eigenvalue weighted by Gasteiger charge is -2.08. The van der Waals surface area contributed by atoms with E-state index in [1.807, 2.05) is 29.1 Å². The van der Waals surface area contributed by atoms with Gasteiger partial charge in [-0.25, -0.2) is 4.98 Å². The van der Waals surface area contributed by atoms with Crippen molar-refractivity contribution in [3.05, 3.63) is 42.4 Å².